The Hall–Kier alpha value is -0.620. The molecule has 0 radical (unpaired) electrons. The van der Waals surface area contributed by atoms with Gasteiger partial charge in [-0.3, -0.25) is 4.79 Å². The molecule has 1 saturated heterocycles. The fourth-order valence-electron chi connectivity index (χ4n) is 2.83. The molecule has 1 unspecified atom stereocenters. The monoisotopic (exact) mass is 400 g/mol. The van der Waals surface area contributed by atoms with Gasteiger partial charge in [0.25, 0.3) is 0 Å². The molecule has 0 aliphatic carbocycles. The Bertz CT molecular complexity index is 464. The summed E-state index contributed by atoms with van der Waals surface area (Å²) in [6, 6.07) is 9.55. The highest BCUT2D eigenvalue weighted by molar-refractivity contribution is 14.1. The van der Waals surface area contributed by atoms with Gasteiger partial charge in [0.05, 0.1) is 0 Å². The van der Waals surface area contributed by atoms with Crippen LogP contribution in [-0.2, 0) is 4.79 Å². The molecule has 1 N–H and O–H groups in total. The average Bonchev–Trinajstić information content (AvgIpc) is 2.47. The van der Waals surface area contributed by atoms with Crippen molar-refractivity contribution in [1.82, 2.24) is 10.2 Å². The summed E-state index contributed by atoms with van der Waals surface area (Å²) in [6.07, 6.45) is 2.10. The number of carbonyl (C=O) groups is 1. The highest BCUT2D eigenvalue weighted by atomic mass is 127. The molecule has 0 spiro atoms. The molecule has 21 heavy (non-hydrogen) atoms. The number of piperidine rings is 1. The van der Waals surface area contributed by atoms with Crippen molar-refractivity contribution in [3.8, 4) is 0 Å². The van der Waals surface area contributed by atoms with E-state index < -0.39 is 0 Å². The summed E-state index contributed by atoms with van der Waals surface area (Å²) >= 11 is 2.33. The standard InChI is InChI=1S/C17H25IN2O/c1-12(2)17(21)20-10-8-16(9-11-20)19-13(3)14-4-6-15(18)7-5-14/h4-7,12-13,16,19H,8-11H2,1-3H3. The van der Waals surface area contributed by atoms with E-state index in [1.807, 2.05) is 18.7 Å². The molecule has 1 heterocycles. The average molecular weight is 400 g/mol. The van der Waals surface area contributed by atoms with Crippen LogP contribution in [0.25, 0.3) is 0 Å². The van der Waals surface area contributed by atoms with E-state index in [1.165, 1.54) is 9.13 Å². The first-order chi connectivity index (χ1) is 9.97. The van der Waals surface area contributed by atoms with Gasteiger partial charge in [-0.1, -0.05) is 26.0 Å². The Morgan fingerprint density at radius 2 is 1.76 bits per heavy atom. The number of hydrogen-bond acceptors (Lipinski definition) is 2. The molecule has 1 aromatic rings. The first-order valence-corrected chi connectivity index (χ1v) is 8.85. The lowest BCUT2D eigenvalue weighted by atomic mass is 10.0. The van der Waals surface area contributed by atoms with E-state index >= 15 is 0 Å². The molecule has 0 bridgehead atoms. The molecule has 1 amide bonds. The first kappa shape index (κ1) is 16.7. The number of halogens is 1. The molecule has 1 aliphatic rings. The summed E-state index contributed by atoms with van der Waals surface area (Å²) < 4.78 is 1.27. The molecule has 116 valence electrons. The minimum Gasteiger partial charge on any atom is -0.342 e. The molecule has 0 saturated carbocycles. The van der Waals surface area contributed by atoms with Crippen molar-refractivity contribution in [2.75, 3.05) is 13.1 Å². The Balaban J connectivity index is 1.83. The normalized spacial score (nSPS) is 18.0. The third kappa shape index (κ3) is 4.68. The number of nitrogens with one attached hydrogen (secondary N) is 1. The summed E-state index contributed by atoms with van der Waals surface area (Å²) in [6.45, 7) is 7.94. The van der Waals surface area contributed by atoms with E-state index in [-0.39, 0.29) is 5.92 Å². The third-order valence-electron chi connectivity index (χ3n) is 4.16. The maximum absolute atomic E-state index is 12.0. The number of rotatable bonds is 4. The quantitative estimate of drug-likeness (QED) is 0.784. The van der Waals surface area contributed by atoms with Crippen LogP contribution in [0, 0.1) is 9.49 Å². The molecule has 1 aliphatic heterocycles. The van der Waals surface area contributed by atoms with Gasteiger partial charge < -0.3 is 10.2 Å². The van der Waals surface area contributed by atoms with E-state index in [9.17, 15) is 4.79 Å². The largest absolute Gasteiger partial charge is 0.342 e. The lowest BCUT2D eigenvalue weighted by molar-refractivity contribution is -0.135. The van der Waals surface area contributed by atoms with Crippen LogP contribution in [0.3, 0.4) is 0 Å². The van der Waals surface area contributed by atoms with Gasteiger partial charge >= 0.3 is 0 Å². The van der Waals surface area contributed by atoms with Gasteiger partial charge in [0, 0.05) is 34.7 Å². The Morgan fingerprint density at radius 3 is 2.29 bits per heavy atom. The SMILES string of the molecule is CC(C)C(=O)N1CCC(NC(C)c2ccc(I)cc2)CC1. The van der Waals surface area contributed by atoms with Crippen LogP contribution in [0.15, 0.2) is 24.3 Å². The summed E-state index contributed by atoms with van der Waals surface area (Å²) in [5.74, 6) is 0.402. The Kier molecular flexibility index (Phi) is 6.05. The zero-order valence-electron chi connectivity index (χ0n) is 13.1. The van der Waals surface area contributed by atoms with Crippen molar-refractivity contribution in [3.05, 3.63) is 33.4 Å². The van der Waals surface area contributed by atoms with E-state index in [4.69, 9.17) is 0 Å². The van der Waals surface area contributed by atoms with Crippen LogP contribution in [0.4, 0.5) is 0 Å². The maximum atomic E-state index is 12.0. The second kappa shape index (κ2) is 7.58. The van der Waals surface area contributed by atoms with Gasteiger partial charge in [-0.15, -0.1) is 0 Å². The predicted octanol–water partition coefficient (Wildman–Crippen LogP) is 3.59. The third-order valence-corrected chi connectivity index (χ3v) is 4.88. The summed E-state index contributed by atoms with van der Waals surface area (Å²) in [5.41, 5.74) is 1.33. The predicted molar refractivity (Wildman–Crippen MR) is 95.1 cm³/mol. The zero-order valence-corrected chi connectivity index (χ0v) is 15.3. The molecule has 1 aromatic carbocycles. The lowest BCUT2D eigenvalue weighted by Gasteiger charge is -2.35. The minimum atomic E-state index is 0.111. The molecule has 2 rings (SSSR count). The number of benzene rings is 1. The molecule has 0 aromatic heterocycles. The molecule has 1 atom stereocenters. The fourth-order valence-corrected chi connectivity index (χ4v) is 3.19. The zero-order chi connectivity index (χ0) is 15.4. The van der Waals surface area contributed by atoms with Gasteiger partial charge in [-0.2, -0.15) is 0 Å². The summed E-state index contributed by atoms with van der Waals surface area (Å²) in [7, 11) is 0. The maximum Gasteiger partial charge on any atom is 0.225 e. The van der Waals surface area contributed by atoms with E-state index in [0.717, 1.165) is 25.9 Å². The van der Waals surface area contributed by atoms with Crippen LogP contribution in [-0.4, -0.2) is 29.9 Å². The van der Waals surface area contributed by atoms with Crippen molar-refractivity contribution in [1.29, 1.82) is 0 Å². The highest BCUT2D eigenvalue weighted by Gasteiger charge is 2.24. The molecule has 4 heteroatoms. The summed E-state index contributed by atoms with van der Waals surface area (Å²) in [4.78, 5) is 14.0. The Morgan fingerprint density at radius 1 is 1.19 bits per heavy atom. The van der Waals surface area contributed by atoms with Crippen molar-refractivity contribution >= 4 is 28.5 Å². The number of likely N-dealkylation sites (tertiary alicyclic amines) is 1. The molecule has 3 nitrogen and oxygen atoms in total. The van der Waals surface area contributed by atoms with Gasteiger partial charge in [0.1, 0.15) is 0 Å². The van der Waals surface area contributed by atoms with Gasteiger partial charge in [-0.25, -0.2) is 0 Å². The van der Waals surface area contributed by atoms with Crippen LogP contribution < -0.4 is 5.32 Å². The van der Waals surface area contributed by atoms with Crippen molar-refractivity contribution in [2.45, 2.75) is 45.7 Å². The number of nitrogens with zero attached hydrogens (tertiary/aromatic N) is 1. The first-order valence-electron chi connectivity index (χ1n) is 7.77. The molecular weight excluding hydrogens is 375 g/mol. The number of carbonyl (C=O) groups excluding carboxylic acids is 1. The molecule has 1 fully saturated rings. The Labute approximate surface area is 141 Å². The minimum absolute atomic E-state index is 0.111. The van der Waals surface area contributed by atoms with Crippen molar-refractivity contribution in [2.24, 2.45) is 5.92 Å². The van der Waals surface area contributed by atoms with Gasteiger partial charge in [-0.05, 0) is 60.1 Å². The van der Waals surface area contributed by atoms with Crippen LogP contribution >= 0.6 is 22.6 Å². The summed E-state index contributed by atoms with van der Waals surface area (Å²) in [5, 5.41) is 3.70. The smallest absolute Gasteiger partial charge is 0.225 e. The second-order valence-electron chi connectivity index (χ2n) is 6.19. The van der Waals surface area contributed by atoms with E-state index in [0.29, 0.717) is 18.0 Å². The molecular formula is C17H25IN2O. The van der Waals surface area contributed by atoms with Crippen LogP contribution in [0.2, 0.25) is 0 Å². The highest BCUT2D eigenvalue weighted by Crippen LogP contribution is 2.19. The van der Waals surface area contributed by atoms with Crippen LogP contribution in [0.5, 0.6) is 0 Å². The van der Waals surface area contributed by atoms with Gasteiger partial charge in [0.2, 0.25) is 5.91 Å². The fraction of sp³-hybridized carbons (Fsp3) is 0.588. The topological polar surface area (TPSA) is 32.3 Å². The van der Waals surface area contributed by atoms with Crippen molar-refractivity contribution in [3.63, 3.8) is 0 Å². The van der Waals surface area contributed by atoms with E-state index in [2.05, 4.69) is 59.1 Å². The lowest BCUT2D eigenvalue weighted by Crippen LogP contribution is -2.46. The second-order valence-corrected chi connectivity index (χ2v) is 7.44. The van der Waals surface area contributed by atoms with Crippen molar-refractivity contribution < 1.29 is 4.79 Å². The van der Waals surface area contributed by atoms with Gasteiger partial charge in [0.15, 0.2) is 0 Å². The number of amides is 1. The van der Waals surface area contributed by atoms with Crippen LogP contribution in [0.1, 0.15) is 45.2 Å². The number of hydrogen-bond donors (Lipinski definition) is 1. The van der Waals surface area contributed by atoms with E-state index in [1.54, 1.807) is 0 Å².